The quantitative estimate of drug-likeness (QED) is 0.804. The monoisotopic (exact) mass is 246 g/mol. The van der Waals surface area contributed by atoms with E-state index in [1.165, 1.54) is 7.11 Å². The molecule has 0 saturated heterocycles. The second-order valence-electron chi connectivity index (χ2n) is 3.86. The summed E-state index contributed by atoms with van der Waals surface area (Å²) >= 11 is 0. The number of rotatable bonds is 4. The third-order valence-corrected chi connectivity index (χ3v) is 3.36. The number of hydrogen-bond donors (Lipinski definition) is 1. The number of nitrogens with two attached hydrogens (primary N) is 1. The van der Waals surface area contributed by atoms with Crippen molar-refractivity contribution in [2.24, 2.45) is 5.14 Å². The molecule has 1 heterocycles. The summed E-state index contributed by atoms with van der Waals surface area (Å²) in [6.45, 7) is 1.79. The molecule has 2 rings (SSSR count). The Balaban J connectivity index is 2.52. The molecule has 0 aliphatic heterocycles. The van der Waals surface area contributed by atoms with E-state index in [1.54, 1.807) is 11.5 Å². The summed E-state index contributed by atoms with van der Waals surface area (Å²) in [5.74, 6) is 0.508. The van der Waals surface area contributed by atoms with Crippen molar-refractivity contribution in [3.05, 3.63) is 5.82 Å². The van der Waals surface area contributed by atoms with Crippen LogP contribution in [0.2, 0.25) is 0 Å². The largest absolute Gasteiger partial charge is 0.374 e. The summed E-state index contributed by atoms with van der Waals surface area (Å²) in [5.41, 5.74) is 0. The lowest BCUT2D eigenvalue weighted by atomic mass is 10.4. The third-order valence-electron chi connectivity index (χ3n) is 2.57. The fourth-order valence-corrected chi connectivity index (χ4v) is 2.21. The number of nitrogens with zero attached hydrogens (tertiary/aromatic N) is 3. The molecular weight excluding hydrogens is 232 g/mol. The summed E-state index contributed by atoms with van der Waals surface area (Å²) in [7, 11) is -2.29. The normalized spacial score (nSPS) is 18.7. The van der Waals surface area contributed by atoms with Crippen LogP contribution in [0.5, 0.6) is 0 Å². The zero-order chi connectivity index (χ0) is 11.9. The number of aromatic nitrogens is 3. The molecule has 1 atom stereocenters. The highest BCUT2D eigenvalue weighted by Crippen LogP contribution is 2.38. The predicted octanol–water partition coefficient (Wildman–Crippen LogP) is -0.0322. The van der Waals surface area contributed by atoms with Gasteiger partial charge < -0.3 is 4.74 Å². The number of sulfonamides is 1. The molecule has 0 bridgehead atoms. The van der Waals surface area contributed by atoms with Gasteiger partial charge in [-0.3, -0.25) is 4.57 Å². The molecule has 7 nitrogen and oxygen atoms in total. The molecule has 1 aliphatic rings. The summed E-state index contributed by atoms with van der Waals surface area (Å²) in [5, 5.41) is 12.4. The number of methoxy groups -OCH3 is 1. The van der Waals surface area contributed by atoms with Gasteiger partial charge in [0.2, 0.25) is 0 Å². The van der Waals surface area contributed by atoms with Crippen LogP contribution < -0.4 is 5.14 Å². The highest BCUT2D eigenvalue weighted by Gasteiger charge is 2.34. The Bertz CT molecular complexity index is 491. The standard InChI is InChI=1S/C8H14N4O3S/c1-5(15-2)7-10-11-8(16(9,13)14)12(7)6-3-4-6/h5-6H,3-4H2,1-2H3,(H2,9,13,14). The lowest BCUT2D eigenvalue weighted by Crippen LogP contribution is -2.19. The SMILES string of the molecule is COC(C)c1nnc(S(N)(=O)=O)n1C1CC1. The summed E-state index contributed by atoms with van der Waals surface area (Å²) in [6.07, 6.45) is 1.54. The van der Waals surface area contributed by atoms with Crippen LogP contribution in [0, 0.1) is 0 Å². The van der Waals surface area contributed by atoms with Gasteiger partial charge in [-0.05, 0) is 19.8 Å². The van der Waals surface area contributed by atoms with E-state index in [9.17, 15) is 8.42 Å². The molecule has 90 valence electrons. The number of hydrogen-bond acceptors (Lipinski definition) is 5. The van der Waals surface area contributed by atoms with Crippen molar-refractivity contribution in [2.45, 2.75) is 37.1 Å². The van der Waals surface area contributed by atoms with E-state index in [2.05, 4.69) is 10.2 Å². The van der Waals surface area contributed by atoms with Crippen molar-refractivity contribution in [3.63, 3.8) is 0 Å². The number of primary sulfonamides is 1. The van der Waals surface area contributed by atoms with Gasteiger partial charge in [-0.2, -0.15) is 0 Å². The smallest absolute Gasteiger partial charge is 0.273 e. The van der Waals surface area contributed by atoms with Crippen LogP contribution in [-0.4, -0.2) is 30.3 Å². The summed E-state index contributed by atoms with van der Waals surface area (Å²) in [6, 6.07) is 0.135. The first-order valence-corrected chi connectivity index (χ1v) is 6.50. The first kappa shape index (κ1) is 11.5. The van der Waals surface area contributed by atoms with Gasteiger partial charge in [-0.15, -0.1) is 10.2 Å². The second-order valence-corrected chi connectivity index (χ2v) is 5.32. The fraction of sp³-hybridized carbons (Fsp3) is 0.750. The molecule has 0 amide bonds. The topological polar surface area (TPSA) is 100 Å². The predicted molar refractivity (Wildman–Crippen MR) is 55.1 cm³/mol. The molecule has 1 aliphatic carbocycles. The highest BCUT2D eigenvalue weighted by atomic mass is 32.2. The zero-order valence-electron chi connectivity index (χ0n) is 9.12. The molecule has 16 heavy (non-hydrogen) atoms. The Morgan fingerprint density at radius 3 is 2.56 bits per heavy atom. The summed E-state index contributed by atoms with van der Waals surface area (Å²) < 4.78 is 29.3. The Morgan fingerprint density at radius 1 is 1.50 bits per heavy atom. The van der Waals surface area contributed by atoms with Crippen LogP contribution in [0.3, 0.4) is 0 Å². The minimum absolute atomic E-state index is 0.135. The number of ether oxygens (including phenoxy) is 1. The molecule has 1 saturated carbocycles. The van der Waals surface area contributed by atoms with Crippen LogP contribution in [0.4, 0.5) is 0 Å². The maximum Gasteiger partial charge on any atom is 0.273 e. The van der Waals surface area contributed by atoms with Gasteiger partial charge in [0.25, 0.3) is 15.2 Å². The van der Waals surface area contributed by atoms with Crippen molar-refractivity contribution in [3.8, 4) is 0 Å². The fourth-order valence-electron chi connectivity index (χ4n) is 1.54. The lowest BCUT2D eigenvalue weighted by molar-refractivity contribution is 0.108. The summed E-state index contributed by atoms with van der Waals surface area (Å²) in [4.78, 5) is 0. The van der Waals surface area contributed by atoms with Gasteiger partial charge >= 0.3 is 0 Å². The van der Waals surface area contributed by atoms with E-state index >= 15 is 0 Å². The second kappa shape index (κ2) is 3.79. The average Bonchev–Trinajstić information content (AvgIpc) is 2.94. The lowest BCUT2D eigenvalue weighted by Gasteiger charge is -2.11. The minimum Gasteiger partial charge on any atom is -0.374 e. The molecule has 2 N–H and O–H groups in total. The molecule has 1 unspecified atom stereocenters. The van der Waals surface area contributed by atoms with Crippen LogP contribution >= 0.6 is 0 Å². The van der Waals surface area contributed by atoms with E-state index in [0.717, 1.165) is 12.8 Å². The molecular formula is C8H14N4O3S. The van der Waals surface area contributed by atoms with Crippen molar-refractivity contribution in [1.82, 2.24) is 14.8 Å². The maximum absolute atomic E-state index is 11.3. The Morgan fingerprint density at radius 2 is 2.12 bits per heavy atom. The van der Waals surface area contributed by atoms with Gasteiger partial charge in [-0.1, -0.05) is 0 Å². The zero-order valence-corrected chi connectivity index (χ0v) is 9.94. The van der Waals surface area contributed by atoms with Crippen molar-refractivity contribution in [2.75, 3.05) is 7.11 Å². The van der Waals surface area contributed by atoms with Gasteiger partial charge in [0, 0.05) is 13.2 Å². The molecule has 1 aromatic heterocycles. The maximum atomic E-state index is 11.3. The van der Waals surface area contributed by atoms with E-state index in [-0.39, 0.29) is 17.3 Å². The average molecular weight is 246 g/mol. The Hall–Kier alpha value is -0.990. The first-order valence-electron chi connectivity index (χ1n) is 4.95. The highest BCUT2D eigenvalue weighted by molar-refractivity contribution is 7.89. The molecule has 8 heteroatoms. The molecule has 0 spiro atoms. The molecule has 1 aromatic rings. The Labute approximate surface area is 93.7 Å². The van der Waals surface area contributed by atoms with E-state index in [1.807, 2.05) is 0 Å². The van der Waals surface area contributed by atoms with E-state index in [0.29, 0.717) is 5.82 Å². The van der Waals surface area contributed by atoms with Crippen molar-refractivity contribution < 1.29 is 13.2 Å². The molecule has 1 fully saturated rings. The van der Waals surface area contributed by atoms with Crippen LogP contribution in [0.25, 0.3) is 0 Å². The third kappa shape index (κ3) is 1.95. The van der Waals surface area contributed by atoms with Crippen molar-refractivity contribution >= 4 is 10.0 Å². The Kier molecular flexibility index (Phi) is 2.72. The minimum atomic E-state index is -3.83. The first-order chi connectivity index (χ1) is 7.45. The van der Waals surface area contributed by atoms with Gasteiger partial charge in [-0.25, -0.2) is 13.6 Å². The van der Waals surface area contributed by atoms with Crippen LogP contribution in [0.15, 0.2) is 5.16 Å². The molecule has 0 aromatic carbocycles. The molecule has 0 radical (unpaired) electrons. The van der Waals surface area contributed by atoms with Crippen molar-refractivity contribution in [1.29, 1.82) is 0 Å². The van der Waals surface area contributed by atoms with E-state index in [4.69, 9.17) is 9.88 Å². The van der Waals surface area contributed by atoms with Gasteiger partial charge in [0.05, 0.1) is 0 Å². The van der Waals surface area contributed by atoms with Crippen LogP contribution in [0.1, 0.15) is 37.7 Å². The van der Waals surface area contributed by atoms with Gasteiger partial charge in [0.15, 0.2) is 5.82 Å². The van der Waals surface area contributed by atoms with Crippen LogP contribution in [-0.2, 0) is 14.8 Å². The van der Waals surface area contributed by atoms with E-state index < -0.39 is 10.0 Å². The van der Waals surface area contributed by atoms with Gasteiger partial charge in [0.1, 0.15) is 6.10 Å².